The van der Waals surface area contributed by atoms with Crippen LogP contribution in [0.25, 0.3) is 0 Å². The maximum atomic E-state index is 13.6. The van der Waals surface area contributed by atoms with E-state index >= 15 is 0 Å². The second kappa shape index (κ2) is 7.58. The van der Waals surface area contributed by atoms with Crippen LogP contribution >= 0.6 is 0 Å². The number of ether oxygens (including phenoxy) is 3. The number of hydrogen-bond donors (Lipinski definition) is 1. The van der Waals surface area contributed by atoms with E-state index in [1.807, 2.05) is 12.1 Å². The van der Waals surface area contributed by atoms with Crippen molar-refractivity contribution in [3.8, 4) is 0 Å². The highest BCUT2D eigenvalue weighted by molar-refractivity contribution is 6.04. The fourth-order valence-electron chi connectivity index (χ4n) is 5.62. The van der Waals surface area contributed by atoms with E-state index in [9.17, 15) is 14.7 Å². The zero-order valence-electron chi connectivity index (χ0n) is 17.0. The summed E-state index contributed by atoms with van der Waals surface area (Å²) in [6.45, 7) is 5.35. The molecule has 4 rings (SSSR count). The monoisotopic (exact) mass is 400 g/mol. The van der Waals surface area contributed by atoms with Crippen LogP contribution in [0.4, 0.5) is 0 Å². The molecule has 3 aliphatic rings. The average Bonchev–Trinajstić information content (AvgIpc) is 3.22. The molecule has 2 saturated carbocycles. The summed E-state index contributed by atoms with van der Waals surface area (Å²) in [5.41, 5.74) is 1.05. The van der Waals surface area contributed by atoms with Gasteiger partial charge in [0.2, 0.25) is 0 Å². The van der Waals surface area contributed by atoms with Crippen LogP contribution in [0.2, 0.25) is 0 Å². The van der Waals surface area contributed by atoms with Crippen LogP contribution in [0.15, 0.2) is 36.1 Å². The van der Waals surface area contributed by atoms with Crippen molar-refractivity contribution < 1.29 is 28.9 Å². The molecule has 0 amide bonds. The summed E-state index contributed by atoms with van der Waals surface area (Å²) in [6, 6.07) is 7.17. The van der Waals surface area contributed by atoms with Crippen molar-refractivity contribution in [1.29, 1.82) is 0 Å². The molecule has 6 nitrogen and oxygen atoms in total. The van der Waals surface area contributed by atoms with E-state index in [0.717, 1.165) is 18.2 Å². The molecule has 3 fully saturated rings. The van der Waals surface area contributed by atoms with Crippen LogP contribution in [0, 0.1) is 11.8 Å². The van der Waals surface area contributed by atoms with Crippen molar-refractivity contribution in [3.63, 3.8) is 0 Å². The SMILES string of the molecule is CCOC(=O)c1ccc([C@]23CCC4(OCCO4)[C@@H](C)[C@@H]2CCC(=CO)C3=O)cc1. The molecule has 29 heavy (non-hydrogen) atoms. The summed E-state index contributed by atoms with van der Waals surface area (Å²) < 4.78 is 17.1. The molecule has 1 aromatic rings. The second-order valence-electron chi connectivity index (χ2n) is 8.20. The number of carbonyl (C=O) groups is 2. The molecule has 1 saturated heterocycles. The van der Waals surface area contributed by atoms with Crippen LogP contribution in [0.1, 0.15) is 55.5 Å². The van der Waals surface area contributed by atoms with Gasteiger partial charge in [-0.15, -0.1) is 0 Å². The summed E-state index contributed by atoms with van der Waals surface area (Å²) >= 11 is 0. The number of fused-ring (bicyclic) bond motifs is 1. The first-order valence-electron chi connectivity index (χ1n) is 10.4. The Labute approximate surface area is 170 Å². The van der Waals surface area contributed by atoms with Gasteiger partial charge in [-0.3, -0.25) is 4.79 Å². The summed E-state index contributed by atoms with van der Waals surface area (Å²) in [4.78, 5) is 25.6. The lowest BCUT2D eigenvalue weighted by molar-refractivity contribution is -0.234. The topological polar surface area (TPSA) is 82.1 Å². The number of ketones is 1. The molecule has 156 valence electrons. The lowest BCUT2D eigenvalue weighted by Crippen LogP contribution is -2.59. The minimum Gasteiger partial charge on any atom is -0.515 e. The number of aliphatic hydroxyl groups excluding tert-OH is 1. The highest BCUT2D eigenvalue weighted by Crippen LogP contribution is 2.58. The smallest absolute Gasteiger partial charge is 0.338 e. The Kier molecular flexibility index (Phi) is 5.25. The van der Waals surface area contributed by atoms with Gasteiger partial charge in [-0.1, -0.05) is 19.1 Å². The summed E-state index contributed by atoms with van der Waals surface area (Å²) in [5, 5.41) is 9.67. The Morgan fingerprint density at radius 3 is 2.55 bits per heavy atom. The molecule has 0 radical (unpaired) electrons. The summed E-state index contributed by atoms with van der Waals surface area (Å²) in [6.07, 6.45) is 3.48. The molecule has 1 aromatic carbocycles. The third-order valence-corrected chi connectivity index (χ3v) is 7.06. The molecule has 0 unspecified atom stereocenters. The predicted octanol–water partition coefficient (Wildman–Crippen LogP) is 3.70. The highest BCUT2D eigenvalue weighted by atomic mass is 16.7. The Balaban J connectivity index is 1.75. The van der Waals surface area contributed by atoms with Gasteiger partial charge in [0.15, 0.2) is 11.6 Å². The fourth-order valence-corrected chi connectivity index (χ4v) is 5.62. The van der Waals surface area contributed by atoms with Gasteiger partial charge in [0, 0.05) is 17.9 Å². The van der Waals surface area contributed by atoms with Crippen molar-refractivity contribution >= 4 is 11.8 Å². The molecular formula is C23H28O6. The van der Waals surface area contributed by atoms with E-state index in [1.54, 1.807) is 19.1 Å². The fraction of sp³-hybridized carbons (Fsp3) is 0.565. The maximum absolute atomic E-state index is 13.6. The standard InChI is InChI=1S/C23H28O6/c1-3-27-21(26)16-4-7-18(8-5-16)22-10-11-23(28-12-13-29-23)15(2)19(22)9-6-17(14-24)20(22)25/h4-5,7-8,14-15,19,24H,3,6,9-13H2,1-2H3/t15-,19-,22+/m0/s1. The van der Waals surface area contributed by atoms with Crippen LogP contribution < -0.4 is 0 Å². The number of benzene rings is 1. The average molecular weight is 400 g/mol. The largest absolute Gasteiger partial charge is 0.515 e. The minimum absolute atomic E-state index is 0.0268. The first kappa shape index (κ1) is 20.1. The predicted molar refractivity (Wildman–Crippen MR) is 106 cm³/mol. The zero-order chi connectivity index (χ0) is 20.6. The van der Waals surface area contributed by atoms with Crippen molar-refractivity contribution in [1.82, 2.24) is 0 Å². The van der Waals surface area contributed by atoms with Crippen molar-refractivity contribution in [2.24, 2.45) is 11.8 Å². The van der Waals surface area contributed by atoms with Gasteiger partial charge in [-0.25, -0.2) is 4.79 Å². The highest BCUT2D eigenvalue weighted by Gasteiger charge is 2.61. The Hall–Kier alpha value is -2.18. The second-order valence-corrected chi connectivity index (χ2v) is 8.20. The van der Waals surface area contributed by atoms with Gasteiger partial charge < -0.3 is 19.3 Å². The maximum Gasteiger partial charge on any atom is 0.338 e. The number of Topliss-reactive ketones (excluding diaryl/α,β-unsaturated/α-hetero) is 1. The molecule has 6 heteroatoms. The van der Waals surface area contributed by atoms with Crippen molar-refractivity contribution in [3.05, 3.63) is 47.2 Å². The summed E-state index contributed by atoms with van der Waals surface area (Å²) in [7, 11) is 0. The molecule has 1 aliphatic heterocycles. The molecular weight excluding hydrogens is 372 g/mol. The van der Waals surface area contributed by atoms with E-state index in [1.165, 1.54) is 0 Å². The van der Waals surface area contributed by atoms with E-state index in [4.69, 9.17) is 14.2 Å². The normalized spacial score (nSPS) is 32.3. The van der Waals surface area contributed by atoms with E-state index in [2.05, 4.69) is 6.92 Å². The molecule has 2 aliphatic carbocycles. The van der Waals surface area contributed by atoms with Crippen LogP contribution in [-0.2, 0) is 24.4 Å². The quantitative estimate of drug-likeness (QED) is 0.473. The van der Waals surface area contributed by atoms with Gasteiger partial charge in [0.05, 0.1) is 37.1 Å². The Morgan fingerprint density at radius 2 is 1.93 bits per heavy atom. The first-order chi connectivity index (χ1) is 14.0. The van der Waals surface area contributed by atoms with Gasteiger partial charge >= 0.3 is 5.97 Å². The number of aliphatic hydroxyl groups is 1. The van der Waals surface area contributed by atoms with Crippen LogP contribution in [0.3, 0.4) is 0 Å². The van der Waals surface area contributed by atoms with Gasteiger partial charge in [0.1, 0.15) is 0 Å². The Bertz CT molecular complexity index is 820. The van der Waals surface area contributed by atoms with E-state index < -0.39 is 11.2 Å². The van der Waals surface area contributed by atoms with Gasteiger partial charge in [-0.2, -0.15) is 0 Å². The molecule has 1 heterocycles. The summed E-state index contributed by atoms with van der Waals surface area (Å²) in [5.74, 6) is -0.964. The van der Waals surface area contributed by atoms with Gasteiger partial charge in [0.25, 0.3) is 0 Å². The number of hydrogen-bond acceptors (Lipinski definition) is 6. The Morgan fingerprint density at radius 1 is 1.24 bits per heavy atom. The number of allylic oxidation sites excluding steroid dienone is 1. The molecule has 0 bridgehead atoms. The minimum atomic E-state index is -0.750. The molecule has 0 aromatic heterocycles. The van der Waals surface area contributed by atoms with Crippen LogP contribution in [0.5, 0.6) is 0 Å². The van der Waals surface area contributed by atoms with Gasteiger partial charge in [-0.05, 0) is 49.8 Å². The lowest BCUT2D eigenvalue weighted by Gasteiger charge is -2.55. The number of rotatable bonds is 3. The molecule has 3 atom stereocenters. The first-order valence-corrected chi connectivity index (χ1v) is 10.4. The molecule has 1 N–H and O–H groups in total. The molecule has 1 spiro atoms. The third-order valence-electron chi connectivity index (χ3n) is 7.06. The van der Waals surface area contributed by atoms with Crippen molar-refractivity contribution in [2.45, 2.75) is 50.7 Å². The van der Waals surface area contributed by atoms with E-state index in [0.29, 0.717) is 50.2 Å². The van der Waals surface area contributed by atoms with Crippen molar-refractivity contribution in [2.75, 3.05) is 19.8 Å². The zero-order valence-corrected chi connectivity index (χ0v) is 17.0. The van der Waals surface area contributed by atoms with E-state index in [-0.39, 0.29) is 23.6 Å². The lowest BCUT2D eigenvalue weighted by atomic mass is 9.51. The third kappa shape index (κ3) is 3.01. The number of carbonyl (C=O) groups excluding carboxylic acids is 2. The van der Waals surface area contributed by atoms with Crippen LogP contribution in [-0.4, -0.2) is 42.5 Å². The number of esters is 1.